The van der Waals surface area contributed by atoms with Crippen LogP contribution >= 0.6 is 23.7 Å². The Morgan fingerprint density at radius 2 is 2.20 bits per heavy atom. The summed E-state index contributed by atoms with van der Waals surface area (Å²) in [5.41, 5.74) is 6.59. The van der Waals surface area contributed by atoms with Gasteiger partial charge in [-0.05, 0) is 19.0 Å². The standard InChI is InChI=1S/C13H20N4OS.ClH/c1-13(2,8-14)9-16(3)7-10-6-11(18)17-4-5-19-12(17)15-10;/h4-6H,7-9,14H2,1-3H3;1H. The number of rotatable bonds is 5. The highest BCUT2D eigenvalue weighted by molar-refractivity contribution is 7.15. The molecule has 0 fully saturated rings. The molecule has 2 rings (SSSR count). The van der Waals surface area contributed by atoms with Gasteiger partial charge < -0.3 is 5.73 Å². The predicted octanol–water partition coefficient (Wildman–Crippen LogP) is 1.59. The van der Waals surface area contributed by atoms with Crippen molar-refractivity contribution in [2.75, 3.05) is 20.1 Å². The summed E-state index contributed by atoms with van der Waals surface area (Å²) in [5.74, 6) is 0. The first-order valence-electron chi connectivity index (χ1n) is 6.26. The fraction of sp³-hybridized carbons (Fsp3) is 0.538. The van der Waals surface area contributed by atoms with Crippen LogP contribution < -0.4 is 11.3 Å². The number of nitrogens with zero attached hydrogens (tertiary/aromatic N) is 3. The van der Waals surface area contributed by atoms with E-state index in [9.17, 15) is 4.79 Å². The van der Waals surface area contributed by atoms with Crippen molar-refractivity contribution in [1.29, 1.82) is 0 Å². The fourth-order valence-electron chi connectivity index (χ4n) is 2.10. The monoisotopic (exact) mass is 316 g/mol. The van der Waals surface area contributed by atoms with E-state index in [2.05, 4.69) is 23.7 Å². The molecule has 0 bridgehead atoms. The normalized spacial score (nSPS) is 11.8. The van der Waals surface area contributed by atoms with E-state index in [1.807, 2.05) is 12.4 Å². The molecule has 0 spiro atoms. The molecule has 0 unspecified atom stereocenters. The van der Waals surface area contributed by atoms with Gasteiger partial charge in [-0.1, -0.05) is 13.8 Å². The van der Waals surface area contributed by atoms with Crippen LogP contribution in [0.3, 0.4) is 0 Å². The van der Waals surface area contributed by atoms with Gasteiger partial charge in [0.05, 0.1) is 5.69 Å². The summed E-state index contributed by atoms with van der Waals surface area (Å²) < 4.78 is 1.57. The summed E-state index contributed by atoms with van der Waals surface area (Å²) >= 11 is 1.47. The first-order chi connectivity index (χ1) is 8.91. The lowest BCUT2D eigenvalue weighted by Gasteiger charge is -2.28. The van der Waals surface area contributed by atoms with Gasteiger partial charge in [0.2, 0.25) is 0 Å². The third-order valence-electron chi connectivity index (χ3n) is 3.04. The van der Waals surface area contributed by atoms with Crippen molar-refractivity contribution < 1.29 is 0 Å². The smallest absolute Gasteiger partial charge is 0.258 e. The first kappa shape index (κ1) is 17.1. The van der Waals surface area contributed by atoms with Crippen LogP contribution in [0.5, 0.6) is 0 Å². The molecule has 0 amide bonds. The molecule has 0 radical (unpaired) electrons. The Balaban J connectivity index is 0.00000200. The molecule has 2 aromatic heterocycles. The van der Waals surface area contributed by atoms with E-state index in [0.717, 1.165) is 17.2 Å². The second-order valence-electron chi connectivity index (χ2n) is 5.68. The number of nitrogens with two attached hydrogens (primary N) is 1. The van der Waals surface area contributed by atoms with Gasteiger partial charge in [0.25, 0.3) is 5.56 Å². The van der Waals surface area contributed by atoms with Crippen LogP contribution in [0.15, 0.2) is 22.4 Å². The SMILES string of the molecule is CN(Cc1cc(=O)n2ccsc2n1)CC(C)(C)CN.Cl. The van der Waals surface area contributed by atoms with E-state index in [1.165, 1.54) is 11.3 Å². The van der Waals surface area contributed by atoms with Crippen LogP contribution in [0.2, 0.25) is 0 Å². The van der Waals surface area contributed by atoms with E-state index in [4.69, 9.17) is 5.73 Å². The maximum atomic E-state index is 11.9. The second-order valence-corrected chi connectivity index (χ2v) is 6.55. The van der Waals surface area contributed by atoms with E-state index in [-0.39, 0.29) is 23.4 Å². The van der Waals surface area contributed by atoms with Gasteiger partial charge in [-0.15, -0.1) is 23.7 Å². The second kappa shape index (κ2) is 6.67. The largest absolute Gasteiger partial charge is 0.330 e. The Bertz CT molecular complexity index is 622. The molecular formula is C13H21ClN4OS. The van der Waals surface area contributed by atoms with Crippen LogP contribution in [0.4, 0.5) is 0 Å². The third kappa shape index (κ3) is 4.02. The van der Waals surface area contributed by atoms with Gasteiger partial charge in [-0.3, -0.25) is 14.1 Å². The molecule has 0 atom stereocenters. The summed E-state index contributed by atoms with van der Waals surface area (Å²) in [7, 11) is 2.02. The number of fused-ring (bicyclic) bond motifs is 1. The average molecular weight is 317 g/mol. The van der Waals surface area contributed by atoms with Crippen molar-refractivity contribution in [2.24, 2.45) is 11.1 Å². The van der Waals surface area contributed by atoms with Gasteiger partial charge in [0, 0.05) is 30.7 Å². The number of halogens is 1. The molecule has 0 saturated heterocycles. The summed E-state index contributed by atoms with van der Waals surface area (Å²) in [6, 6.07) is 1.60. The number of hydrogen-bond acceptors (Lipinski definition) is 5. The maximum absolute atomic E-state index is 11.9. The van der Waals surface area contributed by atoms with Crippen molar-refractivity contribution in [2.45, 2.75) is 20.4 Å². The Morgan fingerprint density at radius 1 is 1.50 bits per heavy atom. The zero-order chi connectivity index (χ0) is 14.0. The average Bonchev–Trinajstić information content (AvgIpc) is 2.76. The Kier molecular flexibility index (Phi) is 5.70. The number of hydrogen-bond donors (Lipinski definition) is 1. The van der Waals surface area contributed by atoms with Crippen molar-refractivity contribution in [3.63, 3.8) is 0 Å². The topological polar surface area (TPSA) is 63.6 Å². The zero-order valence-corrected chi connectivity index (χ0v) is 13.6. The molecule has 0 aliphatic rings. The lowest BCUT2D eigenvalue weighted by atomic mass is 9.93. The Labute approximate surface area is 128 Å². The summed E-state index contributed by atoms with van der Waals surface area (Å²) in [6.45, 7) is 6.43. The van der Waals surface area contributed by atoms with Crippen molar-refractivity contribution in [1.82, 2.24) is 14.3 Å². The third-order valence-corrected chi connectivity index (χ3v) is 3.80. The van der Waals surface area contributed by atoms with E-state index < -0.39 is 0 Å². The molecule has 112 valence electrons. The zero-order valence-electron chi connectivity index (χ0n) is 12.0. The highest BCUT2D eigenvalue weighted by Crippen LogP contribution is 2.15. The highest BCUT2D eigenvalue weighted by Gasteiger charge is 2.18. The minimum Gasteiger partial charge on any atom is -0.330 e. The minimum absolute atomic E-state index is 0. The van der Waals surface area contributed by atoms with E-state index in [1.54, 1.807) is 16.7 Å². The Morgan fingerprint density at radius 3 is 2.85 bits per heavy atom. The highest BCUT2D eigenvalue weighted by atomic mass is 35.5. The molecule has 2 heterocycles. The summed E-state index contributed by atoms with van der Waals surface area (Å²) in [4.78, 5) is 19.3. The molecule has 0 aliphatic carbocycles. The molecule has 0 aromatic carbocycles. The molecule has 0 saturated carbocycles. The lowest BCUT2D eigenvalue weighted by molar-refractivity contribution is 0.208. The summed E-state index contributed by atoms with van der Waals surface area (Å²) in [6.07, 6.45) is 1.75. The van der Waals surface area contributed by atoms with E-state index >= 15 is 0 Å². The minimum atomic E-state index is -0.0206. The molecule has 0 aliphatic heterocycles. The quantitative estimate of drug-likeness (QED) is 0.910. The number of aromatic nitrogens is 2. The predicted molar refractivity (Wildman–Crippen MR) is 85.8 cm³/mol. The van der Waals surface area contributed by atoms with Crippen molar-refractivity contribution >= 4 is 28.7 Å². The van der Waals surface area contributed by atoms with Gasteiger partial charge in [0.1, 0.15) is 0 Å². The van der Waals surface area contributed by atoms with Gasteiger partial charge >= 0.3 is 0 Å². The molecule has 7 heteroatoms. The molecular weight excluding hydrogens is 296 g/mol. The maximum Gasteiger partial charge on any atom is 0.258 e. The number of thiazole rings is 1. The fourth-order valence-corrected chi connectivity index (χ4v) is 2.84. The lowest BCUT2D eigenvalue weighted by Crippen LogP contribution is -2.36. The molecule has 2 N–H and O–H groups in total. The van der Waals surface area contributed by atoms with Crippen LogP contribution in [0, 0.1) is 5.41 Å². The van der Waals surface area contributed by atoms with Crippen molar-refractivity contribution in [3.05, 3.63) is 33.7 Å². The van der Waals surface area contributed by atoms with Crippen molar-refractivity contribution in [3.8, 4) is 0 Å². The molecule has 5 nitrogen and oxygen atoms in total. The molecule has 20 heavy (non-hydrogen) atoms. The molecule has 2 aromatic rings. The first-order valence-corrected chi connectivity index (χ1v) is 7.14. The Hall–Kier alpha value is -0.950. The van der Waals surface area contributed by atoms with Gasteiger partial charge in [-0.25, -0.2) is 4.98 Å². The van der Waals surface area contributed by atoms with Crippen LogP contribution in [-0.2, 0) is 6.54 Å². The summed E-state index contributed by atoms with van der Waals surface area (Å²) in [5, 5.41) is 1.87. The van der Waals surface area contributed by atoms with Crippen LogP contribution in [-0.4, -0.2) is 34.4 Å². The van der Waals surface area contributed by atoms with Gasteiger partial charge in [-0.2, -0.15) is 0 Å². The van der Waals surface area contributed by atoms with E-state index in [0.29, 0.717) is 13.1 Å². The van der Waals surface area contributed by atoms with Gasteiger partial charge in [0.15, 0.2) is 4.96 Å². The van der Waals surface area contributed by atoms with Crippen LogP contribution in [0.25, 0.3) is 4.96 Å². The van der Waals surface area contributed by atoms with Crippen LogP contribution in [0.1, 0.15) is 19.5 Å².